The number of benzene rings is 1. The van der Waals surface area contributed by atoms with E-state index in [0.717, 1.165) is 5.56 Å². The first-order valence-corrected chi connectivity index (χ1v) is 5.12. The van der Waals surface area contributed by atoms with E-state index in [4.69, 9.17) is 4.74 Å². The summed E-state index contributed by atoms with van der Waals surface area (Å²) in [6.45, 7) is 0.232. The quantitative estimate of drug-likeness (QED) is 0.908. The van der Waals surface area contributed by atoms with E-state index >= 15 is 0 Å². The third-order valence-electron chi connectivity index (χ3n) is 2.23. The van der Waals surface area contributed by atoms with Crippen molar-refractivity contribution in [3.63, 3.8) is 0 Å². The van der Waals surface area contributed by atoms with Crippen LogP contribution in [0.25, 0.3) is 0 Å². The van der Waals surface area contributed by atoms with E-state index < -0.39 is 6.10 Å². The number of nitrogens with zero attached hydrogens (tertiary/aromatic N) is 1. The SMILES string of the molecule is Cl.OC(COc1cccnc1)c1ccccc1. The molecule has 4 heteroatoms. The molecule has 0 fully saturated rings. The van der Waals surface area contributed by atoms with Gasteiger partial charge >= 0.3 is 0 Å². The number of hydrogen-bond donors (Lipinski definition) is 1. The summed E-state index contributed by atoms with van der Waals surface area (Å²) in [7, 11) is 0. The number of hydrogen-bond acceptors (Lipinski definition) is 3. The fourth-order valence-corrected chi connectivity index (χ4v) is 1.38. The Morgan fingerprint density at radius 3 is 2.53 bits per heavy atom. The molecule has 1 unspecified atom stereocenters. The Morgan fingerprint density at radius 1 is 1.12 bits per heavy atom. The Balaban J connectivity index is 0.00000144. The van der Waals surface area contributed by atoms with Gasteiger partial charge in [-0.15, -0.1) is 12.4 Å². The van der Waals surface area contributed by atoms with Crippen LogP contribution < -0.4 is 4.74 Å². The van der Waals surface area contributed by atoms with Crippen molar-refractivity contribution in [2.75, 3.05) is 6.61 Å². The largest absolute Gasteiger partial charge is 0.489 e. The highest BCUT2D eigenvalue weighted by molar-refractivity contribution is 5.85. The molecule has 0 aliphatic rings. The predicted octanol–water partition coefficient (Wildman–Crippen LogP) is 2.62. The summed E-state index contributed by atoms with van der Waals surface area (Å²) >= 11 is 0. The molecule has 1 aromatic carbocycles. The summed E-state index contributed by atoms with van der Waals surface area (Å²) < 4.78 is 5.41. The maximum Gasteiger partial charge on any atom is 0.137 e. The normalized spacial score (nSPS) is 11.4. The second-order valence-electron chi connectivity index (χ2n) is 3.43. The van der Waals surface area contributed by atoms with E-state index in [2.05, 4.69) is 4.98 Å². The van der Waals surface area contributed by atoms with Gasteiger partial charge < -0.3 is 9.84 Å². The van der Waals surface area contributed by atoms with Gasteiger partial charge in [-0.05, 0) is 17.7 Å². The summed E-state index contributed by atoms with van der Waals surface area (Å²) in [4.78, 5) is 3.93. The lowest BCUT2D eigenvalue weighted by Crippen LogP contribution is -2.09. The molecule has 1 aromatic heterocycles. The molecule has 0 saturated carbocycles. The van der Waals surface area contributed by atoms with Gasteiger partial charge in [-0.1, -0.05) is 30.3 Å². The highest BCUT2D eigenvalue weighted by Gasteiger charge is 2.07. The van der Waals surface area contributed by atoms with Crippen molar-refractivity contribution in [3.8, 4) is 5.75 Å². The van der Waals surface area contributed by atoms with Gasteiger partial charge in [-0.25, -0.2) is 0 Å². The summed E-state index contributed by atoms with van der Waals surface area (Å²) in [6.07, 6.45) is 2.69. The van der Waals surface area contributed by atoms with E-state index in [1.807, 2.05) is 36.4 Å². The molecular weight excluding hydrogens is 238 g/mol. The maximum atomic E-state index is 9.84. The number of aliphatic hydroxyl groups is 1. The highest BCUT2D eigenvalue weighted by Crippen LogP contribution is 2.14. The lowest BCUT2D eigenvalue weighted by atomic mass is 10.1. The molecule has 3 nitrogen and oxygen atoms in total. The molecule has 0 saturated heterocycles. The van der Waals surface area contributed by atoms with Crippen LogP contribution in [0.1, 0.15) is 11.7 Å². The standard InChI is InChI=1S/C13H13NO2.ClH/c15-13(11-5-2-1-3-6-11)10-16-12-7-4-8-14-9-12;/h1-9,13,15H,10H2;1H. The minimum atomic E-state index is -0.610. The van der Waals surface area contributed by atoms with Crippen LogP contribution >= 0.6 is 12.4 Å². The zero-order valence-corrected chi connectivity index (χ0v) is 10.0. The third-order valence-corrected chi connectivity index (χ3v) is 2.23. The van der Waals surface area contributed by atoms with Gasteiger partial charge in [0, 0.05) is 6.20 Å². The van der Waals surface area contributed by atoms with Gasteiger partial charge in [0.05, 0.1) is 6.20 Å². The first-order chi connectivity index (χ1) is 7.86. The van der Waals surface area contributed by atoms with E-state index in [1.54, 1.807) is 18.5 Å². The van der Waals surface area contributed by atoms with Gasteiger partial charge in [0.1, 0.15) is 18.5 Å². The Bertz CT molecular complexity index is 422. The highest BCUT2D eigenvalue weighted by atomic mass is 35.5. The minimum Gasteiger partial charge on any atom is -0.489 e. The second kappa shape index (κ2) is 6.89. The van der Waals surface area contributed by atoms with Crippen molar-refractivity contribution in [1.29, 1.82) is 0 Å². The second-order valence-corrected chi connectivity index (χ2v) is 3.43. The topological polar surface area (TPSA) is 42.4 Å². The Morgan fingerprint density at radius 2 is 1.88 bits per heavy atom. The van der Waals surface area contributed by atoms with Crippen molar-refractivity contribution in [2.45, 2.75) is 6.10 Å². The number of aliphatic hydroxyl groups excluding tert-OH is 1. The van der Waals surface area contributed by atoms with Crippen molar-refractivity contribution in [3.05, 3.63) is 60.4 Å². The van der Waals surface area contributed by atoms with Crippen LogP contribution in [0.4, 0.5) is 0 Å². The monoisotopic (exact) mass is 251 g/mol. The molecule has 0 spiro atoms. The predicted molar refractivity (Wildman–Crippen MR) is 68.4 cm³/mol. The Hall–Kier alpha value is -1.58. The zero-order valence-electron chi connectivity index (χ0n) is 9.19. The van der Waals surface area contributed by atoms with E-state index in [0.29, 0.717) is 5.75 Å². The first kappa shape index (κ1) is 13.5. The molecule has 2 aromatic rings. The van der Waals surface area contributed by atoms with Crippen molar-refractivity contribution >= 4 is 12.4 Å². The fraction of sp³-hybridized carbons (Fsp3) is 0.154. The van der Waals surface area contributed by atoms with Crippen LogP contribution in [0.3, 0.4) is 0 Å². The number of aromatic nitrogens is 1. The molecule has 0 amide bonds. The molecule has 90 valence electrons. The van der Waals surface area contributed by atoms with Crippen molar-refractivity contribution < 1.29 is 9.84 Å². The van der Waals surface area contributed by atoms with Gasteiger partial charge in [0.15, 0.2) is 0 Å². The summed E-state index contributed by atoms with van der Waals surface area (Å²) in [5.74, 6) is 0.664. The summed E-state index contributed by atoms with van der Waals surface area (Å²) in [5, 5.41) is 9.84. The van der Waals surface area contributed by atoms with Gasteiger partial charge in [0.2, 0.25) is 0 Å². The molecule has 0 aliphatic carbocycles. The molecule has 0 aliphatic heterocycles. The number of pyridine rings is 1. The van der Waals surface area contributed by atoms with Crippen LogP contribution in [-0.4, -0.2) is 16.7 Å². The van der Waals surface area contributed by atoms with Crippen LogP contribution in [0.15, 0.2) is 54.9 Å². The average Bonchev–Trinajstić information content (AvgIpc) is 2.38. The molecule has 1 atom stereocenters. The zero-order chi connectivity index (χ0) is 11.2. The number of halogens is 1. The lowest BCUT2D eigenvalue weighted by Gasteiger charge is -2.12. The van der Waals surface area contributed by atoms with Gasteiger partial charge in [-0.2, -0.15) is 0 Å². The third kappa shape index (κ3) is 4.06. The molecular formula is C13H14ClNO2. The average molecular weight is 252 g/mol. The molecule has 17 heavy (non-hydrogen) atoms. The summed E-state index contributed by atoms with van der Waals surface area (Å²) in [6, 6.07) is 13.0. The van der Waals surface area contributed by atoms with Crippen molar-refractivity contribution in [1.82, 2.24) is 4.98 Å². The van der Waals surface area contributed by atoms with E-state index in [1.165, 1.54) is 0 Å². The Labute approximate surface area is 106 Å². The van der Waals surface area contributed by atoms with Crippen LogP contribution in [0.5, 0.6) is 5.75 Å². The van der Waals surface area contributed by atoms with Gasteiger partial charge in [-0.3, -0.25) is 4.98 Å². The molecule has 1 N–H and O–H groups in total. The smallest absolute Gasteiger partial charge is 0.137 e. The van der Waals surface area contributed by atoms with Crippen molar-refractivity contribution in [2.24, 2.45) is 0 Å². The number of rotatable bonds is 4. The first-order valence-electron chi connectivity index (χ1n) is 5.12. The molecule has 0 radical (unpaired) electrons. The summed E-state index contributed by atoms with van der Waals surface area (Å²) in [5.41, 5.74) is 0.853. The fourth-order valence-electron chi connectivity index (χ4n) is 1.38. The van der Waals surface area contributed by atoms with E-state index in [-0.39, 0.29) is 19.0 Å². The lowest BCUT2D eigenvalue weighted by molar-refractivity contribution is 0.108. The van der Waals surface area contributed by atoms with Crippen LogP contribution in [0, 0.1) is 0 Å². The van der Waals surface area contributed by atoms with Gasteiger partial charge in [0.25, 0.3) is 0 Å². The number of ether oxygens (including phenoxy) is 1. The molecule has 1 heterocycles. The van der Waals surface area contributed by atoms with E-state index in [9.17, 15) is 5.11 Å². The Kier molecular flexibility index (Phi) is 5.46. The maximum absolute atomic E-state index is 9.84. The minimum absolute atomic E-state index is 0. The van der Waals surface area contributed by atoms with Crippen LogP contribution in [-0.2, 0) is 0 Å². The molecule has 0 bridgehead atoms. The van der Waals surface area contributed by atoms with Crippen LogP contribution in [0.2, 0.25) is 0 Å². The molecule has 2 rings (SSSR count).